The topological polar surface area (TPSA) is 410 Å². The molecule has 28 atom stereocenters. The van der Waals surface area contributed by atoms with Crippen LogP contribution >= 0.6 is 0 Å². The van der Waals surface area contributed by atoms with Gasteiger partial charge in [0.2, 0.25) is 0 Å². The molecule has 0 aromatic carbocycles. The zero-order chi connectivity index (χ0) is 58.6. The average molecular weight is 1150 g/mol. The summed E-state index contributed by atoms with van der Waals surface area (Å²) in [7, 11) is 0. The van der Waals surface area contributed by atoms with E-state index in [1.54, 1.807) is 0 Å². The Hall–Kier alpha value is -2.52. The van der Waals surface area contributed by atoms with Gasteiger partial charge in [0.15, 0.2) is 25.2 Å². The van der Waals surface area contributed by atoms with E-state index in [-0.39, 0.29) is 30.1 Å². The van der Waals surface area contributed by atoms with E-state index in [0.29, 0.717) is 38.5 Å². The van der Waals surface area contributed by atoms with E-state index < -0.39 is 207 Å². The highest BCUT2D eigenvalue weighted by Crippen LogP contribution is 2.76. The molecule has 14 N–H and O–H groups in total. The van der Waals surface area contributed by atoms with Crippen LogP contribution in [0.1, 0.15) is 99.8 Å². The maximum Gasteiger partial charge on any atom is 0.506 e. The Morgan fingerprint density at radius 1 is 0.575 bits per heavy atom. The van der Waals surface area contributed by atoms with Gasteiger partial charge in [0.05, 0.1) is 44.6 Å². The molecule has 5 aliphatic carbocycles. The molecule has 26 heteroatoms. The zero-order valence-corrected chi connectivity index (χ0v) is 46.3. The van der Waals surface area contributed by atoms with E-state index in [0.717, 1.165) is 5.57 Å². The molecule has 8 fully saturated rings. The highest BCUT2D eigenvalue weighted by Gasteiger charge is 2.73. The summed E-state index contributed by atoms with van der Waals surface area (Å²) in [4.78, 5) is 24.8. The minimum Gasteiger partial charge on any atom is -0.450 e. The van der Waals surface area contributed by atoms with E-state index in [2.05, 4.69) is 40.7 Å². The molecular formula is C54H86O26. The lowest BCUT2D eigenvalue weighted by atomic mass is 9.33. The van der Waals surface area contributed by atoms with Crippen molar-refractivity contribution in [3.05, 3.63) is 11.6 Å². The molecule has 80 heavy (non-hydrogen) atoms. The van der Waals surface area contributed by atoms with Gasteiger partial charge >= 0.3 is 12.3 Å². The van der Waals surface area contributed by atoms with E-state index in [9.17, 15) is 81.1 Å². The number of allylic oxidation sites excluding steroid dienone is 2. The third-order valence-electron chi connectivity index (χ3n) is 21.3. The summed E-state index contributed by atoms with van der Waals surface area (Å²) >= 11 is 0. The second-order valence-corrected chi connectivity index (χ2v) is 26.3. The summed E-state index contributed by atoms with van der Waals surface area (Å²) in [6, 6.07) is 0. The van der Waals surface area contributed by atoms with Crippen LogP contribution in [0, 0.1) is 50.2 Å². The smallest absolute Gasteiger partial charge is 0.450 e. The van der Waals surface area contributed by atoms with Gasteiger partial charge in [0, 0.05) is 0 Å². The standard InChI is InChI=1S/C54H86O26/c1-49(2)14-23-22-8-9-29-51(5)12-11-30(50(3,4)28(51)10-13-52(29,6)53(22,7)16-32(78-48(69)70)54(23,21-57)31(15-49)77-47(67)68)76-45-41(80-44-40(66)37(63)34(60)25(17-55)73-44)36(62)27(20-72-45)75-46-42(38(64)35(61)26(18-56)74-46)79-43-39(65)33(59)24(58)19-71-43/h8,23-46,55-66H,9-21H2,1-7H3,(H,67,68)(H,69,70)/t23-,24+,25+,26+,27-,28-,29+,30-,31-,32+,33-,34+,35+,36-,37-,38-,39+,40+,41+,42+,43-,44-,45-,46-,51-,52+,53+,54+/m0/s1. The lowest BCUT2D eigenvalue weighted by molar-refractivity contribution is -0.392. The van der Waals surface area contributed by atoms with Gasteiger partial charge in [-0.05, 0) is 96.2 Å². The third kappa shape index (κ3) is 10.3. The molecule has 0 bridgehead atoms. The summed E-state index contributed by atoms with van der Waals surface area (Å²) in [5.74, 6) is -0.472. The second-order valence-electron chi connectivity index (χ2n) is 26.3. The van der Waals surface area contributed by atoms with Crippen molar-refractivity contribution in [2.75, 3.05) is 33.0 Å². The summed E-state index contributed by atoms with van der Waals surface area (Å²) in [5, 5.41) is 150. The van der Waals surface area contributed by atoms with Crippen molar-refractivity contribution < 1.29 is 128 Å². The number of fused-ring (bicyclic) bond motifs is 7. The highest BCUT2D eigenvalue weighted by atomic mass is 16.8. The maximum absolute atomic E-state index is 12.6. The fourth-order valence-electron chi connectivity index (χ4n) is 16.8. The third-order valence-corrected chi connectivity index (χ3v) is 21.3. The molecule has 4 saturated heterocycles. The van der Waals surface area contributed by atoms with Gasteiger partial charge in [0.25, 0.3) is 0 Å². The van der Waals surface area contributed by atoms with E-state index in [1.807, 2.05) is 13.8 Å². The van der Waals surface area contributed by atoms with Crippen LogP contribution in [-0.4, -0.2) is 246 Å². The van der Waals surface area contributed by atoms with Crippen molar-refractivity contribution in [3.8, 4) is 0 Å². The van der Waals surface area contributed by atoms with Gasteiger partial charge in [-0.2, -0.15) is 0 Å². The zero-order valence-electron chi connectivity index (χ0n) is 46.3. The number of carbonyl (C=O) groups is 2. The monoisotopic (exact) mass is 1150 g/mol. The van der Waals surface area contributed by atoms with E-state index in [4.69, 9.17) is 47.4 Å². The lowest BCUT2D eigenvalue weighted by Gasteiger charge is -2.72. The first kappa shape index (κ1) is 62.0. The minimum absolute atomic E-state index is 0.0226. The molecule has 4 aliphatic heterocycles. The molecular weight excluding hydrogens is 1060 g/mol. The van der Waals surface area contributed by atoms with Crippen molar-refractivity contribution in [2.24, 2.45) is 50.2 Å². The van der Waals surface area contributed by atoms with Crippen molar-refractivity contribution >= 4 is 12.3 Å². The number of hydrogen-bond donors (Lipinski definition) is 14. The van der Waals surface area contributed by atoms with Gasteiger partial charge in [-0.15, -0.1) is 0 Å². The van der Waals surface area contributed by atoms with Crippen LogP contribution in [0.15, 0.2) is 11.6 Å². The Labute approximate surface area is 463 Å². The van der Waals surface area contributed by atoms with E-state index in [1.165, 1.54) is 0 Å². The quantitative estimate of drug-likeness (QED) is 0.0601. The average Bonchev–Trinajstić information content (AvgIpc) is 3.45. The molecule has 0 amide bonds. The van der Waals surface area contributed by atoms with Crippen LogP contribution in [-0.2, 0) is 47.4 Å². The first-order valence-corrected chi connectivity index (χ1v) is 28.1. The van der Waals surface area contributed by atoms with Crippen molar-refractivity contribution in [3.63, 3.8) is 0 Å². The number of aliphatic hydroxyl groups is 12. The molecule has 4 saturated carbocycles. The number of aliphatic hydroxyl groups excluding tert-OH is 12. The molecule has 9 aliphatic rings. The van der Waals surface area contributed by atoms with Gasteiger partial charge in [0.1, 0.15) is 97.7 Å². The minimum atomic E-state index is -1.94. The molecule has 4 heterocycles. The van der Waals surface area contributed by atoms with Crippen LogP contribution in [0.25, 0.3) is 0 Å². The molecule has 0 aromatic rings. The van der Waals surface area contributed by atoms with Crippen LogP contribution in [0.2, 0.25) is 0 Å². The van der Waals surface area contributed by atoms with Gasteiger partial charge in [-0.3, -0.25) is 0 Å². The summed E-state index contributed by atoms with van der Waals surface area (Å²) < 4.78 is 59.9. The Balaban J connectivity index is 0.991. The molecule has 0 unspecified atom stereocenters. The van der Waals surface area contributed by atoms with Crippen molar-refractivity contribution in [1.82, 2.24) is 0 Å². The molecule has 9 rings (SSSR count). The number of hydrogen-bond acceptors (Lipinski definition) is 24. The summed E-state index contributed by atoms with van der Waals surface area (Å²) in [6.45, 7) is 11.8. The Morgan fingerprint density at radius 3 is 1.77 bits per heavy atom. The van der Waals surface area contributed by atoms with Crippen molar-refractivity contribution in [1.29, 1.82) is 0 Å². The molecule has 0 aromatic heterocycles. The Morgan fingerprint density at radius 2 is 1.15 bits per heavy atom. The molecule has 26 nitrogen and oxygen atoms in total. The first-order valence-electron chi connectivity index (χ1n) is 28.1. The largest absolute Gasteiger partial charge is 0.506 e. The number of ether oxygens (including phenoxy) is 10. The number of carboxylic acid groups (broad SMARTS) is 2. The van der Waals surface area contributed by atoms with Gasteiger partial charge in [-0.1, -0.05) is 60.1 Å². The summed E-state index contributed by atoms with van der Waals surface area (Å²) in [5.41, 5.74) is -2.91. The van der Waals surface area contributed by atoms with Crippen LogP contribution in [0.3, 0.4) is 0 Å². The summed E-state index contributed by atoms with van der Waals surface area (Å²) in [6.07, 6.45) is -30.2. The normalized spacial score (nSPS) is 51.8. The fourth-order valence-corrected chi connectivity index (χ4v) is 16.8. The lowest BCUT2D eigenvalue weighted by Crippen LogP contribution is -2.70. The van der Waals surface area contributed by atoms with Gasteiger partial charge in [-0.25, -0.2) is 9.59 Å². The first-order chi connectivity index (χ1) is 37.4. The van der Waals surface area contributed by atoms with Crippen molar-refractivity contribution in [2.45, 2.75) is 229 Å². The molecule has 0 radical (unpaired) electrons. The SMILES string of the molecule is CC1(C)C[C@H](OC(=O)O)[C@]2(CO)[C@H](OC(=O)O)C[C@]3(C)C(=CC[C@@H]4[C@@]5(C)CC[C@H](O[C@@H]6OC[C@H](O[C@@H]7O[C@H](CO)[C@@H](O)[C@H](O)[C@H]7O[C@@H]7OC[C@@H](O)[C@H](O)[C@H]7O)[C@H](O)[C@H]6O[C@@H]6O[C@H](CO)[C@@H](O)[C@H](O)[C@H]6O)C(C)(C)[C@@H]5CC[C@]43C)[C@@H]2C1. The van der Waals surface area contributed by atoms with E-state index >= 15 is 0 Å². The molecule has 458 valence electrons. The fraction of sp³-hybridized carbons (Fsp3) is 0.926. The Bertz CT molecular complexity index is 2230. The highest BCUT2D eigenvalue weighted by molar-refractivity contribution is 5.58. The van der Waals surface area contributed by atoms with Crippen LogP contribution < -0.4 is 0 Å². The molecule has 0 spiro atoms. The predicted octanol–water partition coefficient (Wildman–Crippen LogP) is -0.937. The second kappa shape index (κ2) is 22.7. The number of rotatable bonds is 13. The van der Waals surface area contributed by atoms with Gasteiger partial charge < -0.3 is 119 Å². The predicted molar refractivity (Wildman–Crippen MR) is 267 cm³/mol. The van der Waals surface area contributed by atoms with Crippen LogP contribution in [0.5, 0.6) is 0 Å². The maximum atomic E-state index is 12.6. The Kier molecular flexibility index (Phi) is 17.6. The van der Waals surface area contributed by atoms with Crippen LogP contribution in [0.4, 0.5) is 9.59 Å².